The molecule has 4 heteroatoms. The molecule has 0 unspecified atom stereocenters. The van der Waals surface area contributed by atoms with Crippen LogP contribution in [0.15, 0.2) is 48.5 Å². The molecule has 0 spiro atoms. The normalized spacial score (nSPS) is 9.71. The number of hydrogen-bond donors (Lipinski definition) is 1. The molecule has 4 nitrogen and oxygen atoms in total. The third-order valence-corrected chi connectivity index (χ3v) is 3.01. The van der Waals surface area contributed by atoms with Crippen molar-refractivity contribution in [1.29, 1.82) is 5.26 Å². The minimum Gasteiger partial charge on any atom is -0.319 e. The standard InChI is InChI=1S/C17H14N2O2/c1-12-2-6-14(7-3-12)16(20)17(21)19-15-8-4-13(5-9-15)10-11-18/h2-9H,10H2,1H3,(H,19,21). The van der Waals surface area contributed by atoms with Gasteiger partial charge in [-0.15, -0.1) is 0 Å². The number of carbonyl (C=O) groups excluding carboxylic acids is 2. The van der Waals surface area contributed by atoms with Crippen LogP contribution in [0.5, 0.6) is 0 Å². The largest absolute Gasteiger partial charge is 0.319 e. The van der Waals surface area contributed by atoms with Gasteiger partial charge in [0.1, 0.15) is 0 Å². The summed E-state index contributed by atoms with van der Waals surface area (Å²) >= 11 is 0. The van der Waals surface area contributed by atoms with Crippen molar-refractivity contribution in [1.82, 2.24) is 0 Å². The van der Waals surface area contributed by atoms with Gasteiger partial charge in [-0.3, -0.25) is 9.59 Å². The number of aryl methyl sites for hydroxylation is 1. The lowest BCUT2D eigenvalue weighted by molar-refractivity contribution is -0.112. The molecule has 0 saturated carbocycles. The van der Waals surface area contributed by atoms with E-state index in [9.17, 15) is 9.59 Å². The monoisotopic (exact) mass is 278 g/mol. The van der Waals surface area contributed by atoms with Crippen LogP contribution in [0.2, 0.25) is 0 Å². The van der Waals surface area contributed by atoms with E-state index in [0.717, 1.165) is 11.1 Å². The van der Waals surface area contributed by atoms with E-state index in [1.165, 1.54) is 0 Å². The quantitative estimate of drug-likeness (QED) is 0.690. The second-order valence-corrected chi connectivity index (χ2v) is 4.68. The molecule has 1 N–H and O–H groups in total. The molecule has 0 saturated heterocycles. The summed E-state index contributed by atoms with van der Waals surface area (Å²) in [6.45, 7) is 1.91. The number of rotatable bonds is 4. The molecule has 1 amide bonds. The van der Waals surface area contributed by atoms with E-state index in [1.54, 1.807) is 48.5 Å². The van der Waals surface area contributed by atoms with E-state index in [2.05, 4.69) is 5.32 Å². The highest BCUT2D eigenvalue weighted by Crippen LogP contribution is 2.11. The lowest BCUT2D eigenvalue weighted by atomic mass is 10.1. The summed E-state index contributed by atoms with van der Waals surface area (Å²) in [7, 11) is 0. The highest BCUT2D eigenvalue weighted by Gasteiger charge is 2.15. The van der Waals surface area contributed by atoms with Crippen molar-refractivity contribution in [2.24, 2.45) is 0 Å². The van der Waals surface area contributed by atoms with Crippen LogP contribution >= 0.6 is 0 Å². The first kappa shape index (κ1) is 14.5. The van der Waals surface area contributed by atoms with E-state index >= 15 is 0 Å². The molecule has 2 aromatic carbocycles. The molecular weight excluding hydrogens is 264 g/mol. The summed E-state index contributed by atoms with van der Waals surface area (Å²) in [4.78, 5) is 23.9. The van der Waals surface area contributed by atoms with Crippen LogP contribution in [0, 0.1) is 18.3 Å². The molecule has 104 valence electrons. The van der Waals surface area contributed by atoms with Crippen molar-refractivity contribution >= 4 is 17.4 Å². The lowest BCUT2D eigenvalue weighted by Gasteiger charge is -2.05. The van der Waals surface area contributed by atoms with E-state index in [-0.39, 0.29) is 0 Å². The van der Waals surface area contributed by atoms with Gasteiger partial charge in [0.2, 0.25) is 0 Å². The molecule has 0 aromatic heterocycles. The zero-order valence-electron chi connectivity index (χ0n) is 11.6. The van der Waals surface area contributed by atoms with Crippen LogP contribution < -0.4 is 5.32 Å². The van der Waals surface area contributed by atoms with E-state index in [4.69, 9.17) is 5.26 Å². The number of nitriles is 1. The maximum Gasteiger partial charge on any atom is 0.296 e. The van der Waals surface area contributed by atoms with Gasteiger partial charge >= 0.3 is 0 Å². The smallest absolute Gasteiger partial charge is 0.296 e. The fourth-order valence-electron chi connectivity index (χ4n) is 1.82. The number of ketones is 1. The molecule has 2 aromatic rings. The number of anilines is 1. The average molecular weight is 278 g/mol. The fourth-order valence-corrected chi connectivity index (χ4v) is 1.82. The predicted molar refractivity (Wildman–Crippen MR) is 79.9 cm³/mol. The zero-order valence-corrected chi connectivity index (χ0v) is 11.6. The second kappa shape index (κ2) is 6.49. The molecule has 0 aliphatic heterocycles. The number of nitrogens with zero attached hydrogens (tertiary/aromatic N) is 1. The Bertz CT molecular complexity index is 695. The van der Waals surface area contributed by atoms with Gasteiger partial charge in [0.05, 0.1) is 12.5 Å². The molecular formula is C17H14N2O2. The number of Topliss-reactive ketones (excluding diaryl/α,β-unsaturated/α-hetero) is 1. The molecule has 0 radical (unpaired) electrons. The lowest BCUT2D eigenvalue weighted by Crippen LogP contribution is -2.22. The van der Waals surface area contributed by atoms with Crippen molar-refractivity contribution < 1.29 is 9.59 Å². The van der Waals surface area contributed by atoms with Gasteiger partial charge in [-0.25, -0.2) is 0 Å². The number of benzene rings is 2. The van der Waals surface area contributed by atoms with Crippen molar-refractivity contribution in [2.75, 3.05) is 5.32 Å². The van der Waals surface area contributed by atoms with Crippen LogP contribution in [-0.2, 0) is 11.2 Å². The fraction of sp³-hybridized carbons (Fsp3) is 0.118. The first-order valence-electron chi connectivity index (χ1n) is 6.48. The first-order chi connectivity index (χ1) is 10.1. The Hall–Kier alpha value is -2.93. The van der Waals surface area contributed by atoms with E-state index < -0.39 is 11.7 Å². The zero-order chi connectivity index (χ0) is 15.2. The molecule has 0 heterocycles. The van der Waals surface area contributed by atoms with E-state index in [0.29, 0.717) is 17.7 Å². The molecule has 21 heavy (non-hydrogen) atoms. The Morgan fingerprint density at radius 2 is 1.67 bits per heavy atom. The van der Waals surface area contributed by atoms with Crippen molar-refractivity contribution in [3.05, 3.63) is 65.2 Å². The summed E-state index contributed by atoms with van der Waals surface area (Å²) in [6, 6.07) is 15.7. The molecule has 0 bridgehead atoms. The minimum atomic E-state index is -0.674. The van der Waals surface area contributed by atoms with Crippen LogP contribution in [-0.4, -0.2) is 11.7 Å². The van der Waals surface area contributed by atoms with Gasteiger partial charge in [-0.1, -0.05) is 42.0 Å². The maximum atomic E-state index is 12.0. The summed E-state index contributed by atoms with van der Waals surface area (Å²) in [6.07, 6.45) is 0.316. The van der Waals surface area contributed by atoms with Crippen LogP contribution in [0.1, 0.15) is 21.5 Å². The van der Waals surface area contributed by atoms with Crippen LogP contribution in [0.3, 0.4) is 0 Å². The summed E-state index contributed by atoms with van der Waals surface area (Å²) in [5.41, 5.74) is 2.78. The van der Waals surface area contributed by atoms with Gasteiger partial charge in [-0.05, 0) is 24.6 Å². The van der Waals surface area contributed by atoms with Crippen LogP contribution in [0.25, 0.3) is 0 Å². The average Bonchev–Trinajstić information content (AvgIpc) is 2.49. The molecule has 0 aliphatic rings. The molecule has 2 rings (SSSR count). The SMILES string of the molecule is Cc1ccc(C(=O)C(=O)Nc2ccc(CC#N)cc2)cc1. The summed E-state index contributed by atoms with van der Waals surface area (Å²) in [5.74, 6) is -1.25. The van der Waals surface area contributed by atoms with Crippen LogP contribution in [0.4, 0.5) is 5.69 Å². The summed E-state index contributed by atoms with van der Waals surface area (Å²) in [5, 5.41) is 11.1. The Morgan fingerprint density at radius 1 is 1.05 bits per heavy atom. The third-order valence-electron chi connectivity index (χ3n) is 3.01. The predicted octanol–water partition coefficient (Wildman–Crippen LogP) is 2.88. The highest BCUT2D eigenvalue weighted by molar-refractivity contribution is 6.46. The second-order valence-electron chi connectivity index (χ2n) is 4.68. The van der Waals surface area contributed by atoms with Gasteiger partial charge in [0, 0.05) is 11.3 Å². The number of carbonyl (C=O) groups is 2. The summed E-state index contributed by atoms with van der Waals surface area (Å²) < 4.78 is 0. The minimum absolute atomic E-state index is 0.316. The molecule has 0 aliphatic carbocycles. The van der Waals surface area contributed by atoms with Crippen molar-refractivity contribution in [3.8, 4) is 6.07 Å². The van der Waals surface area contributed by atoms with Crippen molar-refractivity contribution in [2.45, 2.75) is 13.3 Å². The number of hydrogen-bond acceptors (Lipinski definition) is 3. The number of nitrogens with one attached hydrogen (secondary N) is 1. The van der Waals surface area contributed by atoms with Crippen molar-refractivity contribution in [3.63, 3.8) is 0 Å². The van der Waals surface area contributed by atoms with Gasteiger partial charge in [-0.2, -0.15) is 5.26 Å². The topological polar surface area (TPSA) is 70.0 Å². The number of amides is 1. The van der Waals surface area contributed by atoms with Gasteiger partial charge in [0.15, 0.2) is 0 Å². The van der Waals surface area contributed by atoms with Gasteiger partial charge < -0.3 is 5.32 Å². The Balaban J connectivity index is 2.05. The van der Waals surface area contributed by atoms with Gasteiger partial charge in [0.25, 0.3) is 11.7 Å². The van der Waals surface area contributed by atoms with E-state index in [1.807, 2.05) is 13.0 Å². The molecule has 0 atom stereocenters. The third kappa shape index (κ3) is 3.77. The highest BCUT2D eigenvalue weighted by atomic mass is 16.2. The maximum absolute atomic E-state index is 12.0. The Labute approximate surface area is 123 Å². The Kier molecular flexibility index (Phi) is 4.47. The first-order valence-corrected chi connectivity index (χ1v) is 6.48. The molecule has 0 fully saturated rings. The Morgan fingerprint density at radius 3 is 2.24 bits per heavy atom.